The Kier molecular flexibility index (Phi) is 6.40. The maximum absolute atomic E-state index is 12.5. The van der Waals surface area contributed by atoms with Gasteiger partial charge in [-0.05, 0) is 55.4 Å². The summed E-state index contributed by atoms with van der Waals surface area (Å²) >= 11 is 5.07. The van der Waals surface area contributed by atoms with Crippen molar-refractivity contribution in [3.05, 3.63) is 38.2 Å². The predicted octanol–water partition coefficient (Wildman–Crippen LogP) is 4.85. The average Bonchev–Trinajstić information content (AvgIpc) is 3.03. The molecule has 0 unspecified atom stereocenters. The first kappa shape index (κ1) is 19.7. The Morgan fingerprint density at radius 3 is 2.67 bits per heavy atom. The van der Waals surface area contributed by atoms with Gasteiger partial charge in [-0.3, -0.25) is 4.79 Å². The topological polar surface area (TPSA) is 71.3 Å². The molecule has 0 bridgehead atoms. The molecular formula is C20H21BrN2O3S. The highest BCUT2D eigenvalue weighted by Gasteiger charge is 2.21. The molecule has 1 aliphatic carbocycles. The van der Waals surface area contributed by atoms with E-state index in [0.29, 0.717) is 34.9 Å². The van der Waals surface area contributed by atoms with Crippen LogP contribution in [0.5, 0.6) is 11.5 Å². The van der Waals surface area contributed by atoms with Crippen molar-refractivity contribution in [2.75, 3.05) is 19.5 Å². The number of ether oxygens (including phenoxy) is 2. The lowest BCUT2D eigenvalue weighted by Crippen LogP contribution is -2.12. The summed E-state index contributed by atoms with van der Waals surface area (Å²) in [6.45, 7) is 0. The fourth-order valence-electron chi connectivity index (χ4n) is 3.30. The van der Waals surface area contributed by atoms with Gasteiger partial charge in [-0.2, -0.15) is 5.26 Å². The largest absolute Gasteiger partial charge is 0.493 e. The number of rotatable bonds is 6. The maximum Gasteiger partial charge on any atom is 0.225 e. The first-order chi connectivity index (χ1) is 13.1. The molecule has 0 aliphatic heterocycles. The summed E-state index contributed by atoms with van der Waals surface area (Å²) < 4.78 is 11.5. The number of fused-ring (bicyclic) bond motifs is 1. The quantitative estimate of drug-likeness (QED) is 0.685. The van der Waals surface area contributed by atoms with Crippen LogP contribution in [-0.2, 0) is 24.1 Å². The second-order valence-electron chi connectivity index (χ2n) is 6.37. The molecule has 0 saturated carbocycles. The molecule has 1 aromatic carbocycles. The average molecular weight is 449 g/mol. The number of anilines is 1. The second kappa shape index (κ2) is 8.77. The third kappa shape index (κ3) is 4.28. The smallest absolute Gasteiger partial charge is 0.225 e. The highest BCUT2D eigenvalue weighted by molar-refractivity contribution is 9.10. The van der Waals surface area contributed by atoms with Crippen molar-refractivity contribution in [2.45, 2.75) is 38.5 Å². The molecule has 1 aliphatic rings. The molecule has 2 aromatic rings. The van der Waals surface area contributed by atoms with E-state index in [4.69, 9.17) is 9.47 Å². The van der Waals surface area contributed by atoms with Crippen molar-refractivity contribution in [1.82, 2.24) is 0 Å². The van der Waals surface area contributed by atoms with E-state index in [2.05, 4.69) is 27.3 Å². The van der Waals surface area contributed by atoms with Crippen LogP contribution in [0.2, 0.25) is 0 Å². The number of hydrogen-bond donors (Lipinski definition) is 1. The van der Waals surface area contributed by atoms with Crippen LogP contribution in [0.1, 0.15) is 40.8 Å². The van der Waals surface area contributed by atoms with Gasteiger partial charge in [0.25, 0.3) is 0 Å². The number of carbonyl (C=O) groups is 1. The third-order valence-corrected chi connectivity index (χ3v) is 6.66. The molecule has 1 N–H and O–H groups in total. The molecular weight excluding hydrogens is 428 g/mol. The molecule has 0 atom stereocenters. The number of nitrogens with one attached hydrogen (secondary N) is 1. The summed E-state index contributed by atoms with van der Waals surface area (Å²) in [5.41, 5.74) is 2.75. The third-order valence-electron chi connectivity index (χ3n) is 4.71. The van der Waals surface area contributed by atoms with Crippen LogP contribution in [0.15, 0.2) is 16.6 Å². The van der Waals surface area contributed by atoms with E-state index < -0.39 is 0 Å². The van der Waals surface area contributed by atoms with Crippen LogP contribution in [0.4, 0.5) is 5.00 Å². The Hall–Kier alpha value is -2.04. The van der Waals surface area contributed by atoms with Gasteiger partial charge in [0.15, 0.2) is 11.5 Å². The number of benzene rings is 1. The van der Waals surface area contributed by atoms with Gasteiger partial charge in [-0.15, -0.1) is 11.3 Å². The number of amides is 1. The van der Waals surface area contributed by atoms with E-state index >= 15 is 0 Å². The van der Waals surface area contributed by atoms with Crippen molar-refractivity contribution < 1.29 is 14.3 Å². The van der Waals surface area contributed by atoms with Crippen LogP contribution in [0.25, 0.3) is 0 Å². The summed E-state index contributed by atoms with van der Waals surface area (Å²) in [6, 6.07) is 5.99. The number of thiophene rings is 1. The lowest BCUT2D eigenvalue weighted by molar-refractivity contribution is -0.116. The zero-order chi connectivity index (χ0) is 19.4. The standard InChI is InChI=1S/C20H21BrN2O3S/c1-25-16-9-12(15(21)10-17(16)26-2)7-8-19(24)23-20-14(11-22)13-5-3-4-6-18(13)27-20/h9-10H,3-8H2,1-2H3,(H,23,24). The molecule has 142 valence electrons. The maximum atomic E-state index is 12.5. The highest BCUT2D eigenvalue weighted by atomic mass is 79.9. The molecule has 7 heteroatoms. The fourth-order valence-corrected chi connectivity index (χ4v) is 5.07. The monoisotopic (exact) mass is 448 g/mol. The second-order valence-corrected chi connectivity index (χ2v) is 8.33. The number of aryl methyl sites for hydroxylation is 2. The van der Waals surface area contributed by atoms with Crippen molar-refractivity contribution in [3.8, 4) is 17.6 Å². The van der Waals surface area contributed by atoms with Gasteiger partial charge in [0.2, 0.25) is 5.91 Å². The van der Waals surface area contributed by atoms with Crippen LogP contribution in [-0.4, -0.2) is 20.1 Å². The zero-order valence-electron chi connectivity index (χ0n) is 15.4. The molecule has 1 aromatic heterocycles. The minimum atomic E-state index is -0.0909. The number of halogens is 1. The van der Waals surface area contributed by atoms with E-state index in [-0.39, 0.29) is 5.91 Å². The summed E-state index contributed by atoms with van der Waals surface area (Å²) in [6.07, 6.45) is 5.08. The molecule has 1 amide bonds. The normalized spacial score (nSPS) is 12.8. The number of hydrogen-bond acceptors (Lipinski definition) is 5. The van der Waals surface area contributed by atoms with Crippen LogP contribution >= 0.6 is 27.3 Å². The Balaban J connectivity index is 1.69. The fraction of sp³-hybridized carbons (Fsp3) is 0.400. The molecule has 0 fully saturated rings. The minimum Gasteiger partial charge on any atom is -0.493 e. The van der Waals surface area contributed by atoms with E-state index in [1.807, 2.05) is 12.1 Å². The van der Waals surface area contributed by atoms with Crippen molar-refractivity contribution in [3.63, 3.8) is 0 Å². The summed E-state index contributed by atoms with van der Waals surface area (Å²) in [7, 11) is 3.18. The summed E-state index contributed by atoms with van der Waals surface area (Å²) in [4.78, 5) is 13.7. The molecule has 0 saturated heterocycles. The van der Waals surface area contributed by atoms with E-state index in [0.717, 1.165) is 41.3 Å². The van der Waals surface area contributed by atoms with E-state index in [1.54, 1.807) is 25.6 Å². The molecule has 1 heterocycles. The highest BCUT2D eigenvalue weighted by Crippen LogP contribution is 2.38. The first-order valence-electron chi connectivity index (χ1n) is 8.82. The van der Waals surface area contributed by atoms with Crippen LogP contribution in [0.3, 0.4) is 0 Å². The Bertz CT molecular complexity index is 902. The Labute approximate surface area is 171 Å². The van der Waals surface area contributed by atoms with Gasteiger partial charge in [-0.25, -0.2) is 0 Å². The SMILES string of the molecule is COc1cc(Br)c(CCC(=O)Nc2sc3c(c2C#N)CCCC3)cc1OC. The van der Waals surface area contributed by atoms with Crippen LogP contribution in [0, 0.1) is 11.3 Å². The first-order valence-corrected chi connectivity index (χ1v) is 10.4. The molecule has 5 nitrogen and oxygen atoms in total. The predicted molar refractivity (Wildman–Crippen MR) is 110 cm³/mol. The van der Waals surface area contributed by atoms with Gasteiger partial charge in [0.1, 0.15) is 11.1 Å². The van der Waals surface area contributed by atoms with Crippen molar-refractivity contribution >= 4 is 38.2 Å². The summed E-state index contributed by atoms with van der Waals surface area (Å²) in [5, 5.41) is 13.1. The Morgan fingerprint density at radius 1 is 1.26 bits per heavy atom. The van der Waals surface area contributed by atoms with Crippen molar-refractivity contribution in [1.29, 1.82) is 5.26 Å². The van der Waals surface area contributed by atoms with Crippen LogP contribution < -0.4 is 14.8 Å². The molecule has 0 spiro atoms. The Morgan fingerprint density at radius 2 is 1.96 bits per heavy atom. The number of methoxy groups -OCH3 is 2. The lowest BCUT2D eigenvalue weighted by Gasteiger charge is -2.12. The minimum absolute atomic E-state index is 0.0909. The number of nitrogens with zero attached hydrogens (tertiary/aromatic N) is 1. The molecule has 0 radical (unpaired) electrons. The van der Waals surface area contributed by atoms with Gasteiger partial charge in [0, 0.05) is 15.8 Å². The van der Waals surface area contributed by atoms with Gasteiger partial charge >= 0.3 is 0 Å². The zero-order valence-corrected chi connectivity index (χ0v) is 17.8. The number of nitriles is 1. The molecule has 3 rings (SSSR count). The lowest BCUT2D eigenvalue weighted by atomic mass is 9.96. The van der Waals surface area contributed by atoms with Gasteiger partial charge in [-0.1, -0.05) is 15.9 Å². The molecule has 27 heavy (non-hydrogen) atoms. The van der Waals surface area contributed by atoms with Gasteiger partial charge < -0.3 is 14.8 Å². The summed E-state index contributed by atoms with van der Waals surface area (Å²) in [5.74, 6) is 1.18. The van der Waals surface area contributed by atoms with Gasteiger partial charge in [0.05, 0.1) is 19.8 Å². The van der Waals surface area contributed by atoms with E-state index in [1.165, 1.54) is 4.88 Å². The van der Waals surface area contributed by atoms with Crippen molar-refractivity contribution in [2.24, 2.45) is 0 Å². The number of carbonyl (C=O) groups excluding carboxylic acids is 1. The van der Waals surface area contributed by atoms with E-state index in [9.17, 15) is 10.1 Å².